The van der Waals surface area contributed by atoms with Gasteiger partial charge in [-0.05, 0) is 40.5 Å². The molecule has 2 heterocycles. The lowest BCUT2D eigenvalue weighted by atomic mass is 10.3. The molecule has 3 nitrogen and oxygen atoms in total. The van der Waals surface area contributed by atoms with Gasteiger partial charge in [0, 0.05) is 22.6 Å². The van der Waals surface area contributed by atoms with Crippen LogP contribution in [0, 0.1) is 0 Å². The van der Waals surface area contributed by atoms with E-state index in [1.54, 1.807) is 12.4 Å². The Morgan fingerprint density at radius 2 is 2.21 bits per heavy atom. The van der Waals surface area contributed by atoms with E-state index in [0.29, 0.717) is 0 Å². The van der Waals surface area contributed by atoms with Crippen LogP contribution in [0.2, 0.25) is 0 Å². The zero-order valence-electron chi connectivity index (χ0n) is 7.81. The van der Waals surface area contributed by atoms with Crippen molar-refractivity contribution in [3.05, 3.63) is 40.8 Å². The summed E-state index contributed by atoms with van der Waals surface area (Å²) in [6, 6.07) is 5.91. The monoisotopic (exact) mass is 251 g/mol. The van der Waals surface area contributed by atoms with E-state index in [1.807, 2.05) is 22.9 Å². The third-order valence-corrected chi connectivity index (χ3v) is 2.48. The minimum atomic E-state index is 0.857. The predicted molar refractivity (Wildman–Crippen MR) is 58.4 cm³/mol. The molecule has 2 rings (SSSR count). The highest BCUT2D eigenvalue weighted by Crippen LogP contribution is 2.12. The van der Waals surface area contributed by atoms with E-state index in [1.165, 1.54) is 5.69 Å². The van der Waals surface area contributed by atoms with Gasteiger partial charge in [0.15, 0.2) is 5.82 Å². The lowest BCUT2D eigenvalue weighted by Crippen LogP contribution is -2.02. The average molecular weight is 252 g/mol. The molecule has 0 N–H and O–H groups in total. The lowest BCUT2D eigenvalue weighted by Gasteiger charge is -2.03. The van der Waals surface area contributed by atoms with Crippen molar-refractivity contribution in [3.8, 4) is 5.82 Å². The molecule has 14 heavy (non-hydrogen) atoms. The van der Waals surface area contributed by atoms with Gasteiger partial charge in [-0.1, -0.05) is 6.92 Å². The molecule has 0 unspecified atom stereocenters. The molecule has 0 aliphatic rings. The molecule has 2 aromatic heterocycles. The van der Waals surface area contributed by atoms with Crippen molar-refractivity contribution in [1.82, 2.24) is 14.8 Å². The summed E-state index contributed by atoms with van der Waals surface area (Å²) in [6.45, 7) is 2.10. The normalized spacial score (nSPS) is 10.4. The standard InChI is InChI=1S/C10H10BrN3/c1-2-9-5-6-13-14(9)10-4-3-8(11)7-12-10/h3-7H,2H2,1H3. The number of hydrogen-bond donors (Lipinski definition) is 0. The number of aromatic nitrogens is 3. The van der Waals surface area contributed by atoms with E-state index in [2.05, 4.69) is 32.9 Å². The summed E-state index contributed by atoms with van der Waals surface area (Å²) in [5.41, 5.74) is 1.17. The summed E-state index contributed by atoms with van der Waals surface area (Å²) in [5, 5.41) is 4.23. The summed E-state index contributed by atoms with van der Waals surface area (Å²) in [7, 11) is 0. The van der Waals surface area contributed by atoms with E-state index < -0.39 is 0 Å². The maximum Gasteiger partial charge on any atom is 0.153 e. The van der Waals surface area contributed by atoms with Crippen LogP contribution in [0.1, 0.15) is 12.6 Å². The Labute approximate surface area is 90.9 Å². The molecule has 0 saturated carbocycles. The Kier molecular flexibility index (Phi) is 2.63. The fraction of sp³-hybridized carbons (Fsp3) is 0.200. The number of hydrogen-bond acceptors (Lipinski definition) is 2. The number of aryl methyl sites for hydroxylation is 1. The van der Waals surface area contributed by atoms with Crippen molar-refractivity contribution in [1.29, 1.82) is 0 Å². The molecular weight excluding hydrogens is 242 g/mol. The topological polar surface area (TPSA) is 30.7 Å². The van der Waals surface area contributed by atoms with Gasteiger partial charge >= 0.3 is 0 Å². The van der Waals surface area contributed by atoms with Crippen LogP contribution in [-0.4, -0.2) is 14.8 Å². The van der Waals surface area contributed by atoms with Gasteiger partial charge in [0.05, 0.1) is 0 Å². The molecule has 2 aromatic rings. The second kappa shape index (κ2) is 3.92. The smallest absolute Gasteiger partial charge is 0.153 e. The molecule has 0 spiro atoms. The molecule has 0 saturated heterocycles. The SMILES string of the molecule is CCc1ccnn1-c1ccc(Br)cn1. The van der Waals surface area contributed by atoms with Gasteiger partial charge < -0.3 is 0 Å². The zero-order chi connectivity index (χ0) is 9.97. The van der Waals surface area contributed by atoms with E-state index >= 15 is 0 Å². The first kappa shape index (κ1) is 9.40. The molecular formula is C10H10BrN3. The molecule has 0 aliphatic heterocycles. The molecule has 72 valence electrons. The summed E-state index contributed by atoms with van der Waals surface area (Å²) in [5.74, 6) is 0.857. The lowest BCUT2D eigenvalue weighted by molar-refractivity contribution is 0.789. The van der Waals surface area contributed by atoms with Crippen LogP contribution in [0.25, 0.3) is 5.82 Å². The van der Waals surface area contributed by atoms with Crippen molar-refractivity contribution in [2.75, 3.05) is 0 Å². The quantitative estimate of drug-likeness (QED) is 0.822. The number of pyridine rings is 1. The van der Waals surface area contributed by atoms with Crippen molar-refractivity contribution in [2.45, 2.75) is 13.3 Å². The van der Waals surface area contributed by atoms with E-state index in [0.717, 1.165) is 16.7 Å². The zero-order valence-corrected chi connectivity index (χ0v) is 9.40. The summed E-state index contributed by atoms with van der Waals surface area (Å²) < 4.78 is 2.83. The third-order valence-electron chi connectivity index (χ3n) is 2.01. The maximum atomic E-state index is 4.28. The summed E-state index contributed by atoms with van der Waals surface area (Å²) >= 11 is 3.35. The van der Waals surface area contributed by atoms with Crippen LogP contribution >= 0.6 is 15.9 Å². The number of rotatable bonds is 2. The highest BCUT2D eigenvalue weighted by molar-refractivity contribution is 9.10. The van der Waals surface area contributed by atoms with Crippen molar-refractivity contribution in [3.63, 3.8) is 0 Å². The van der Waals surface area contributed by atoms with E-state index in [-0.39, 0.29) is 0 Å². The highest BCUT2D eigenvalue weighted by atomic mass is 79.9. The van der Waals surface area contributed by atoms with Gasteiger partial charge in [-0.25, -0.2) is 9.67 Å². The first-order valence-corrected chi connectivity index (χ1v) is 5.25. The van der Waals surface area contributed by atoms with Crippen molar-refractivity contribution >= 4 is 15.9 Å². The molecule has 4 heteroatoms. The van der Waals surface area contributed by atoms with Crippen LogP contribution in [0.4, 0.5) is 0 Å². The summed E-state index contributed by atoms with van der Waals surface area (Å²) in [4.78, 5) is 4.28. The van der Waals surface area contributed by atoms with Gasteiger partial charge in [0.25, 0.3) is 0 Å². The fourth-order valence-corrected chi connectivity index (χ4v) is 1.53. The first-order chi connectivity index (χ1) is 6.81. The number of halogens is 1. The third kappa shape index (κ3) is 1.70. The largest absolute Gasteiger partial charge is 0.236 e. The molecule has 0 aliphatic carbocycles. The summed E-state index contributed by atoms with van der Waals surface area (Å²) in [6.07, 6.45) is 4.52. The second-order valence-electron chi connectivity index (χ2n) is 2.92. The van der Waals surface area contributed by atoms with Crippen molar-refractivity contribution in [2.24, 2.45) is 0 Å². The first-order valence-electron chi connectivity index (χ1n) is 4.46. The Bertz CT molecular complexity index is 419. The van der Waals surface area contributed by atoms with Crippen molar-refractivity contribution < 1.29 is 0 Å². The molecule has 0 bridgehead atoms. The maximum absolute atomic E-state index is 4.28. The van der Waals surface area contributed by atoms with Gasteiger partial charge in [-0.3, -0.25) is 0 Å². The van der Waals surface area contributed by atoms with Gasteiger partial charge in [-0.2, -0.15) is 5.10 Å². The van der Waals surface area contributed by atoms with E-state index in [9.17, 15) is 0 Å². The van der Waals surface area contributed by atoms with Crippen LogP contribution in [0.15, 0.2) is 35.1 Å². The Balaban J connectivity index is 2.44. The Morgan fingerprint density at radius 1 is 1.36 bits per heavy atom. The Morgan fingerprint density at radius 3 is 2.86 bits per heavy atom. The van der Waals surface area contributed by atoms with Gasteiger partial charge in [-0.15, -0.1) is 0 Å². The molecule has 0 atom stereocenters. The van der Waals surface area contributed by atoms with Gasteiger partial charge in [0.2, 0.25) is 0 Å². The molecule has 0 amide bonds. The second-order valence-corrected chi connectivity index (χ2v) is 3.84. The van der Waals surface area contributed by atoms with E-state index in [4.69, 9.17) is 0 Å². The van der Waals surface area contributed by atoms with Crippen LogP contribution in [-0.2, 0) is 6.42 Å². The molecule has 0 aromatic carbocycles. The van der Waals surface area contributed by atoms with Crippen LogP contribution in [0.5, 0.6) is 0 Å². The predicted octanol–water partition coefficient (Wildman–Crippen LogP) is 2.59. The number of nitrogens with zero attached hydrogens (tertiary/aromatic N) is 3. The minimum Gasteiger partial charge on any atom is -0.236 e. The Hall–Kier alpha value is -1.16. The van der Waals surface area contributed by atoms with Gasteiger partial charge in [0.1, 0.15) is 0 Å². The fourth-order valence-electron chi connectivity index (χ4n) is 1.30. The molecule has 0 radical (unpaired) electrons. The average Bonchev–Trinajstić information content (AvgIpc) is 2.67. The minimum absolute atomic E-state index is 0.857. The highest BCUT2D eigenvalue weighted by Gasteiger charge is 2.03. The van der Waals surface area contributed by atoms with Crippen LogP contribution < -0.4 is 0 Å². The van der Waals surface area contributed by atoms with Crippen LogP contribution in [0.3, 0.4) is 0 Å². The molecule has 0 fully saturated rings.